The molecule has 0 amide bonds. The molecule has 0 radical (unpaired) electrons. The van der Waals surface area contributed by atoms with Gasteiger partial charge in [0.1, 0.15) is 0 Å². The number of rotatable bonds is 5. The van der Waals surface area contributed by atoms with Crippen LogP contribution in [0.3, 0.4) is 0 Å². The first kappa shape index (κ1) is 18.9. The van der Waals surface area contributed by atoms with E-state index in [2.05, 4.69) is 23.1 Å². The van der Waals surface area contributed by atoms with Gasteiger partial charge in [0.2, 0.25) is 0 Å². The van der Waals surface area contributed by atoms with Crippen molar-refractivity contribution in [1.82, 2.24) is 4.90 Å². The van der Waals surface area contributed by atoms with Crippen LogP contribution in [0, 0.1) is 5.41 Å². The number of halogens is 1. The van der Waals surface area contributed by atoms with Crippen molar-refractivity contribution in [3.05, 3.63) is 34.3 Å². The summed E-state index contributed by atoms with van der Waals surface area (Å²) in [6.07, 6.45) is 7.22. The summed E-state index contributed by atoms with van der Waals surface area (Å²) in [4.78, 5) is 2.56. The van der Waals surface area contributed by atoms with Crippen LogP contribution in [0.5, 0.6) is 0 Å². The Hall–Kier alpha value is -0.420. The van der Waals surface area contributed by atoms with E-state index < -0.39 is 10.8 Å². The summed E-state index contributed by atoms with van der Waals surface area (Å²) in [6.45, 7) is 3.45. The molecule has 3 fully saturated rings. The van der Waals surface area contributed by atoms with Crippen molar-refractivity contribution in [2.45, 2.75) is 57.0 Å². The van der Waals surface area contributed by atoms with Crippen LogP contribution in [-0.2, 0) is 17.2 Å². The van der Waals surface area contributed by atoms with E-state index in [1.807, 2.05) is 0 Å². The second-order valence-electron chi connectivity index (χ2n) is 8.72. The van der Waals surface area contributed by atoms with Gasteiger partial charge in [-0.3, -0.25) is 4.21 Å². The predicted octanol–water partition coefficient (Wildman–Crippen LogP) is 3.75. The van der Waals surface area contributed by atoms with Crippen molar-refractivity contribution >= 4 is 22.4 Å². The number of hydrogen-bond acceptors (Lipinski definition) is 3. The van der Waals surface area contributed by atoms with Gasteiger partial charge >= 0.3 is 0 Å². The highest BCUT2D eigenvalue weighted by Gasteiger charge is 2.47. The summed E-state index contributed by atoms with van der Waals surface area (Å²) in [7, 11) is -0.536. The molecule has 144 valence electrons. The SMILES string of the molecule is O=S1CC2(CCN(CCCc3ccc(C4CCC(O)CC4)c(Cl)c3)C2)C1. The summed E-state index contributed by atoms with van der Waals surface area (Å²) < 4.78 is 11.4. The van der Waals surface area contributed by atoms with Crippen molar-refractivity contribution in [1.29, 1.82) is 0 Å². The summed E-state index contributed by atoms with van der Waals surface area (Å²) in [5, 5.41) is 10.6. The Bertz CT molecular complexity index is 664. The summed E-state index contributed by atoms with van der Waals surface area (Å²) in [5.74, 6) is 2.37. The molecule has 1 N–H and O–H groups in total. The molecule has 1 spiro atoms. The second kappa shape index (κ2) is 7.90. The maximum absolute atomic E-state index is 11.4. The van der Waals surface area contributed by atoms with E-state index in [-0.39, 0.29) is 6.10 Å². The molecule has 26 heavy (non-hydrogen) atoms. The molecule has 2 aliphatic heterocycles. The van der Waals surface area contributed by atoms with Crippen LogP contribution >= 0.6 is 11.6 Å². The molecular weight excluding hydrogens is 366 g/mol. The average Bonchev–Trinajstić information content (AvgIpc) is 3.00. The number of aryl methyl sites for hydroxylation is 1. The Morgan fingerprint density at radius 2 is 2.00 bits per heavy atom. The molecular formula is C21H30ClNO2S. The van der Waals surface area contributed by atoms with Crippen LogP contribution in [0.4, 0.5) is 0 Å². The maximum atomic E-state index is 11.4. The van der Waals surface area contributed by atoms with Gasteiger partial charge in [-0.1, -0.05) is 23.7 Å². The van der Waals surface area contributed by atoms with E-state index in [0.29, 0.717) is 11.3 Å². The van der Waals surface area contributed by atoms with Gasteiger partial charge in [0.25, 0.3) is 0 Å². The lowest BCUT2D eigenvalue weighted by atomic mass is 9.82. The van der Waals surface area contributed by atoms with Gasteiger partial charge in [-0.15, -0.1) is 0 Å². The molecule has 5 heteroatoms. The zero-order valence-corrected chi connectivity index (χ0v) is 17.0. The number of likely N-dealkylation sites (tertiary alicyclic amines) is 1. The molecule has 2 heterocycles. The summed E-state index contributed by atoms with van der Waals surface area (Å²) >= 11 is 6.58. The van der Waals surface area contributed by atoms with Gasteiger partial charge in [0.05, 0.1) is 6.10 Å². The monoisotopic (exact) mass is 395 g/mol. The Labute approximate surface area is 164 Å². The van der Waals surface area contributed by atoms with E-state index >= 15 is 0 Å². The first-order valence-corrected chi connectivity index (χ1v) is 11.9. The number of aliphatic hydroxyl groups excluding tert-OH is 1. The zero-order valence-electron chi connectivity index (χ0n) is 15.5. The van der Waals surface area contributed by atoms with Crippen molar-refractivity contribution in [2.24, 2.45) is 5.41 Å². The molecule has 1 saturated carbocycles. The van der Waals surface area contributed by atoms with Gasteiger partial charge in [-0.25, -0.2) is 0 Å². The van der Waals surface area contributed by atoms with E-state index in [9.17, 15) is 9.32 Å². The number of hydrogen-bond donors (Lipinski definition) is 1. The third-order valence-electron chi connectivity index (χ3n) is 6.59. The van der Waals surface area contributed by atoms with Gasteiger partial charge in [0.15, 0.2) is 0 Å². The van der Waals surface area contributed by atoms with Crippen LogP contribution < -0.4 is 0 Å². The molecule has 4 rings (SSSR count). The van der Waals surface area contributed by atoms with Gasteiger partial charge in [-0.2, -0.15) is 0 Å². The minimum absolute atomic E-state index is 0.117. The zero-order chi connectivity index (χ0) is 18.1. The molecule has 0 unspecified atom stereocenters. The minimum Gasteiger partial charge on any atom is -0.393 e. The lowest BCUT2D eigenvalue weighted by molar-refractivity contribution is 0.122. The fourth-order valence-corrected chi connectivity index (χ4v) is 7.16. The third-order valence-corrected chi connectivity index (χ3v) is 8.79. The Morgan fingerprint density at radius 3 is 2.69 bits per heavy atom. The average molecular weight is 396 g/mol. The third kappa shape index (κ3) is 4.19. The Morgan fingerprint density at radius 1 is 1.23 bits per heavy atom. The molecule has 1 aliphatic carbocycles. The van der Waals surface area contributed by atoms with Crippen molar-refractivity contribution in [3.8, 4) is 0 Å². The van der Waals surface area contributed by atoms with Crippen LogP contribution in [0.15, 0.2) is 18.2 Å². The molecule has 0 bridgehead atoms. The highest BCUT2D eigenvalue weighted by Crippen LogP contribution is 2.39. The molecule has 0 atom stereocenters. The second-order valence-corrected chi connectivity index (χ2v) is 10.6. The fraction of sp³-hybridized carbons (Fsp3) is 0.714. The predicted molar refractivity (Wildman–Crippen MR) is 108 cm³/mol. The van der Waals surface area contributed by atoms with Crippen LogP contribution in [-0.4, -0.2) is 51.5 Å². The largest absolute Gasteiger partial charge is 0.393 e. The van der Waals surface area contributed by atoms with Crippen LogP contribution in [0.1, 0.15) is 55.6 Å². The first-order valence-electron chi connectivity index (χ1n) is 10.1. The highest BCUT2D eigenvalue weighted by atomic mass is 35.5. The quantitative estimate of drug-likeness (QED) is 0.825. The van der Waals surface area contributed by atoms with E-state index in [1.165, 1.54) is 24.1 Å². The minimum atomic E-state index is -0.536. The molecule has 3 nitrogen and oxygen atoms in total. The Balaban J connectivity index is 1.25. The summed E-state index contributed by atoms with van der Waals surface area (Å²) in [6, 6.07) is 6.61. The van der Waals surface area contributed by atoms with E-state index in [1.54, 1.807) is 0 Å². The number of nitrogens with zero attached hydrogens (tertiary/aromatic N) is 1. The molecule has 1 aromatic carbocycles. The molecule has 0 aromatic heterocycles. The van der Waals surface area contributed by atoms with Gasteiger partial charge < -0.3 is 10.0 Å². The standard InChI is InChI=1S/C21H30ClNO2S/c22-20-12-16(3-8-19(20)17-4-6-18(24)7-5-17)2-1-10-23-11-9-21(13-23)14-26(25)15-21/h3,8,12,17-18,24H,1-2,4-7,9-11,13-15H2. The van der Waals surface area contributed by atoms with Gasteiger partial charge in [-0.05, 0) is 81.1 Å². The van der Waals surface area contributed by atoms with Crippen LogP contribution in [0.25, 0.3) is 0 Å². The lowest BCUT2D eigenvalue weighted by Gasteiger charge is -2.37. The normalized spacial score (nSPS) is 34.9. The molecule has 2 saturated heterocycles. The van der Waals surface area contributed by atoms with Crippen LogP contribution in [0.2, 0.25) is 5.02 Å². The Kier molecular flexibility index (Phi) is 5.75. The maximum Gasteiger partial charge on any atom is 0.0540 e. The van der Waals surface area contributed by atoms with E-state index in [4.69, 9.17) is 11.6 Å². The number of aliphatic hydroxyl groups is 1. The highest BCUT2D eigenvalue weighted by molar-refractivity contribution is 7.86. The van der Waals surface area contributed by atoms with Crippen molar-refractivity contribution < 1.29 is 9.32 Å². The number of benzene rings is 1. The topological polar surface area (TPSA) is 40.5 Å². The van der Waals surface area contributed by atoms with Crippen molar-refractivity contribution in [3.63, 3.8) is 0 Å². The fourth-order valence-electron chi connectivity index (χ4n) is 5.05. The van der Waals surface area contributed by atoms with Gasteiger partial charge in [0, 0.05) is 39.3 Å². The van der Waals surface area contributed by atoms with Crippen molar-refractivity contribution in [2.75, 3.05) is 31.1 Å². The lowest BCUT2D eigenvalue weighted by Crippen LogP contribution is -2.46. The molecule has 3 aliphatic rings. The van der Waals surface area contributed by atoms with E-state index in [0.717, 1.165) is 68.1 Å². The smallest absolute Gasteiger partial charge is 0.0540 e. The first-order chi connectivity index (χ1) is 12.5. The summed E-state index contributed by atoms with van der Waals surface area (Å²) in [5.41, 5.74) is 2.98. The molecule has 1 aromatic rings.